The Kier molecular flexibility index (Phi) is 19.1. The van der Waals surface area contributed by atoms with Crippen LogP contribution >= 0.6 is 0 Å². The normalized spacial score (nSPS) is 13.9. The molecule has 4 N–H and O–H groups in total. The molecule has 0 amide bonds. The lowest BCUT2D eigenvalue weighted by molar-refractivity contribution is 0.199. The number of unbranched alkanes of at least 4 members (excludes halogenated alkanes) is 4. The van der Waals surface area contributed by atoms with Crippen molar-refractivity contribution in [2.75, 3.05) is 37.9 Å². The third kappa shape index (κ3) is 12.2. The Labute approximate surface area is 340 Å². The summed E-state index contributed by atoms with van der Waals surface area (Å²) in [7, 11) is 0. The summed E-state index contributed by atoms with van der Waals surface area (Å²) in [5.41, 5.74) is 14.3. The number of hydrogen-bond donors (Lipinski definition) is 2. The molecule has 0 aliphatic carbocycles. The summed E-state index contributed by atoms with van der Waals surface area (Å²) in [5, 5.41) is 6.40. The molecule has 6 nitrogen and oxygen atoms in total. The highest BCUT2D eigenvalue weighted by Crippen LogP contribution is 2.46. The van der Waals surface area contributed by atoms with Crippen molar-refractivity contribution >= 4 is 43.7 Å². The number of nitrogen functional groups attached to an aromatic ring is 2. The van der Waals surface area contributed by atoms with Crippen LogP contribution in [0.25, 0.3) is 32.3 Å². The van der Waals surface area contributed by atoms with Crippen LogP contribution in [0.2, 0.25) is 0 Å². The average Bonchev–Trinajstić information content (AvgIpc) is 3.21. The largest absolute Gasteiger partial charge is 0.489 e. The number of anilines is 2. The molecule has 312 valence electrons. The Morgan fingerprint density at radius 3 is 0.768 bits per heavy atom. The fourth-order valence-corrected chi connectivity index (χ4v) is 7.96. The zero-order chi connectivity index (χ0) is 40.5. The minimum atomic E-state index is 0.491. The highest BCUT2D eigenvalue weighted by atomic mass is 16.5. The molecule has 0 heterocycles. The molecule has 0 saturated carbocycles. The zero-order valence-electron chi connectivity index (χ0n) is 36.7. The molecule has 4 aromatic rings. The molecule has 0 aromatic heterocycles. The number of nitrogens with two attached hydrogens (primary N) is 2. The highest BCUT2D eigenvalue weighted by Gasteiger charge is 2.21. The van der Waals surface area contributed by atoms with Crippen LogP contribution in [0.5, 0.6) is 23.0 Å². The molecular formula is C50H78N2O4. The number of benzene rings is 4. The lowest BCUT2D eigenvalue weighted by Gasteiger charge is -2.23. The van der Waals surface area contributed by atoms with Crippen LogP contribution in [0, 0.1) is 23.7 Å². The maximum atomic E-state index is 6.82. The highest BCUT2D eigenvalue weighted by molar-refractivity contribution is 6.27. The maximum Gasteiger partial charge on any atom is 0.161 e. The minimum Gasteiger partial charge on any atom is -0.489 e. The molecule has 0 spiro atoms. The van der Waals surface area contributed by atoms with Gasteiger partial charge in [-0.3, -0.25) is 0 Å². The van der Waals surface area contributed by atoms with Gasteiger partial charge in [-0.05, 0) is 118 Å². The monoisotopic (exact) mass is 771 g/mol. The van der Waals surface area contributed by atoms with Crippen LogP contribution in [0.3, 0.4) is 0 Å². The van der Waals surface area contributed by atoms with Crippen LogP contribution in [-0.4, -0.2) is 26.4 Å². The van der Waals surface area contributed by atoms with Crippen molar-refractivity contribution in [2.24, 2.45) is 23.7 Å². The maximum absolute atomic E-state index is 6.82. The number of rotatable bonds is 28. The van der Waals surface area contributed by atoms with Crippen molar-refractivity contribution in [3.63, 3.8) is 0 Å². The molecule has 4 unspecified atom stereocenters. The summed E-state index contributed by atoms with van der Waals surface area (Å²) in [4.78, 5) is 0. The number of hydrogen-bond acceptors (Lipinski definition) is 6. The van der Waals surface area contributed by atoms with Gasteiger partial charge in [0.05, 0.1) is 37.8 Å². The SMILES string of the molecule is CCCCC(CC)COc1cc2c3cc(N)c(N)cc3c3cc(OCC(CC)CCCC)c(OCC(CC)CCCC)cc3c2cc1OCC(CC)CCCC. The van der Waals surface area contributed by atoms with E-state index in [-0.39, 0.29) is 0 Å². The van der Waals surface area contributed by atoms with E-state index in [9.17, 15) is 0 Å². The van der Waals surface area contributed by atoms with Crippen LogP contribution < -0.4 is 30.4 Å². The zero-order valence-corrected chi connectivity index (χ0v) is 36.7. The topological polar surface area (TPSA) is 89.0 Å². The third-order valence-electron chi connectivity index (χ3n) is 12.3. The summed E-state index contributed by atoms with van der Waals surface area (Å²) < 4.78 is 27.2. The van der Waals surface area contributed by atoms with Crippen molar-refractivity contribution in [1.82, 2.24) is 0 Å². The molecule has 0 radical (unpaired) electrons. The van der Waals surface area contributed by atoms with Gasteiger partial charge in [0.15, 0.2) is 23.0 Å². The van der Waals surface area contributed by atoms with E-state index in [1.807, 2.05) is 12.1 Å². The van der Waals surface area contributed by atoms with Crippen LogP contribution in [0.4, 0.5) is 11.4 Å². The predicted molar refractivity (Wildman–Crippen MR) is 243 cm³/mol. The number of fused-ring (bicyclic) bond motifs is 6. The fourth-order valence-electron chi connectivity index (χ4n) is 7.96. The first-order valence-corrected chi connectivity index (χ1v) is 22.8. The molecule has 0 aliphatic rings. The fraction of sp³-hybridized carbons (Fsp3) is 0.640. The summed E-state index contributed by atoms with van der Waals surface area (Å²) in [6, 6.07) is 12.9. The Morgan fingerprint density at radius 2 is 0.571 bits per heavy atom. The summed E-state index contributed by atoms with van der Waals surface area (Å²) in [5.74, 6) is 5.17. The summed E-state index contributed by atoms with van der Waals surface area (Å²) in [6.45, 7) is 20.8. The van der Waals surface area contributed by atoms with Crippen molar-refractivity contribution in [1.29, 1.82) is 0 Å². The lowest BCUT2D eigenvalue weighted by Crippen LogP contribution is -2.14. The first kappa shape index (κ1) is 45.2. The molecule has 0 aliphatic heterocycles. The standard InChI is InChI=1S/C50H78N2O4/c1-9-17-21-35(13-5)31-53-47-27-41-39-25-45(51)46(52)26-40(39)42-28-48(54-32-36(14-6)22-18-10-2)50(56-34-38(16-8)24-20-12-4)30-44(42)43(41)29-49(47)55-33-37(15-7)23-19-11-3/h25-30,35-38H,9-24,31-34,51-52H2,1-8H3. The molecule has 4 atom stereocenters. The van der Waals surface area contributed by atoms with Gasteiger partial charge in [0, 0.05) is 0 Å². The molecule has 0 saturated heterocycles. The molecule has 4 rings (SSSR count). The Morgan fingerprint density at radius 1 is 0.357 bits per heavy atom. The van der Waals surface area contributed by atoms with Crippen LogP contribution in [-0.2, 0) is 0 Å². The summed E-state index contributed by atoms with van der Waals surface area (Å²) in [6.07, 6.45) is 18.6. The smallest absolute Gasteiger partial charge is 0.161 e. The van der Waals surface area contributed by atoms with Gasteiger partial charge in [0.1, 0.15) is 0 Å². The van der Waals surface area contributed by atoms with Crippen molar-refractivity contribution < 1.29 is 18.9 Å². The van der Waals surface area contributed by atoms with E-state index >= 15 is 0 Å². The first-order valence-electron chi connectivity index (χ1n) is 22.8. The second kappa shape index (κ2) is 23.6. The number of ether oxygens (including phenoxy) is 4. The molecule has 0 bridgehead atoms. The Bertz CT molecular complexity index is 1640. The second-order valence-corrected chi connectivity index (χ2v) is 16.6. The third-order valence-corrected chi connectivity index (χ3v) is 12.3. The second-order valence-electron chi connectivity index (χ2n) is 16.6. The van der Waals surface area contributed by atoms with E-state index in [1.165, 1.54) is 51.4 Å². The minimum absolute atomic E-state index is 0.491. The van der Waals surface area contributed by atoms with Gasteiger partial charge >= 0.3 is 0 Å². The Balaban J connectivity index is 1.96. The van der Waals surface area contributed by atoms with E-state index in [4.69, 9.17) is 30.4 Å². The van der Waals surface area contributed by atoms with Gasteiger partial charge in [-0.1, -0.05) is 132 Å². The van der Waals surface area contributed by atoms with E-state index in [0.29, 0.717) is 61.5 Å². The van der Waals surface area contributed by atoms with Crippen molar-refractivity contribution in [3.05, 3.63) is 36.4 Å². The predicted octanol–water partition coefficient (Wildman–Crippen LogP) is 14.7. The van der Waals surface area contributed by atoms with Gasteiger partial charge in [0.25, 0.3) is 0 Å². The lowest BCUT2D eigenvalue weighted by atomic mass is 9.92. The van der Waals surface area contributed by atoms with Gasteiger partial charge in [-0.15, -0.1) is 0 Å². The Hall–Kier alpha value is -3.54. The van der Waals surface area contributed by atoms with Gasteiger partial charge in [0.2, 0.25) is 0 Å². The van der Waals surface area contributed by atoms with E-state index in [1.54, 1.807) is 0 Å². The van der Waals surface area contributed by atoms with Gasteiger partial charge in [-0.2, -0.15) is 0 Å². The quantitative estimate of drug-likeness (QED) is 0.0442. The van der Waals surface area contributed by atoms with Crippen molar-refractivity contribution in [3.8, 4) is 23.0 Å². The average molecular weight is 771 g/mol. The molecular weight excluding hydrogens is 693 g/mol. The molecule has 0 fully saturated rings. The van der Waals surface area contributed by atoms with Crippen LogP contribution in [0.15, 0.2) is 36.4 Å². The van der Waals surface area contributed by atoms with Crippen LogP contribution in [0.1, 0.15) is 158 Å². The van der Waals surface area contributed by atoms with Gasteiger partial charge < -0.3 is 30.4 Å². The molecule has 6 heteroatoms. The van der Waals surface area contributed by atoms with Crippen molar-refractivity contribution in [2.45, 2.75) is 158 Å². The molecule has 56 heavy (non-hydrogen) atoms. The summed E-state index contributed by atoms with van der Waals surface area (Å²) >= 11 is 0. The van der Waals surface area contributed by atoms with E-state index in [0.717, 1.165) is 107 Å². The van der Waals surface area contributed by atoms with E-state index < -0.39 is 0 Å². The first-order chi connectivity index (χ1) is 27.2. The van der Waals surface area contributed by atoms with E-state index in [2.05, 4.69) is 79.7 Å². The molecule has 4 aromatic carbocycles. The van der Waals surface area contributed by atoms with Gasteiger partial charge in [-0.25, -0.2) is 0 Å².